The third-order valence-corrected chi connectivity index (χ3v) is 5.04. The highest BCUT2D eigenvalue weighted by Crippen LogP contribution is 2.40. The predicted molar refractivity (Wildman–Crippen MR) is 126 cm³/mol. The first-order valence-electron chi connectivity index (χ1n) is 9.43. The van der Waals surface area contributed by atoms with Crippen LogP contribution in [0.2, 0.25) is 15.1 Å². The highest BCUT2D eigenvalue weighted by molar-refractivity contribution is 6.38. The van der Waals surface area contributed by atoms with Crippen molar-refractivity contribution in [2.45, 2.75) is 6.92 Å². The number of H-pyrrole nitrogens is 1. The molecule has 0 aliphatic carbocycles. The molecule has 0 radical (unpaired) electrons. The van der Waals surface area contributed by atoms with Gasteiger partial charge in [-0.2, -0.15) is 5.26 Å². The van der Waals surface area contributed by atoms with Gasteiger partial charge in [0.2, 0.25) is 5.88 Å². The average molecular weight is 523 g/mol. The van der Waals surface area contributed by atoms with E-state index in [1.807, 2.05) is 5.32 Å². The van der Waals surface area contributed by atoms with Gasteiger partial charge in [-0.05, 0) is 31.2 Å². The van der Waals surface area contributed by atoms with Crippen molar-refractivity contribution in [1.82, 2.24) is 15.5 Å². The second kappa shape index (κ2) is 10.9. The fourth-order valence-corrected chi connectivity index (χ4v) is 3.52. The summed E-state index contributed by atoms with van der Waals surface area (Å²) >= 11 is 18.7. The first kappa shape index (κ1) is 24.9. The van der Waals surface area contributed by atoms with Gasteiger partial charge in [0, 0.05) is 11.9 Å². The van der Waals surface area contributed by atoms with Crippen LogP contribution in [0.4, 0.5) is 10.5 Å². The molecule has 1 heterocycles. The van der Waals surface area contributed by atoms with E-state index >= 15 is 0 Å². The summed E-state index contributed by atoms with van der Waals surface area (Å²) in [6, 6.07) is 9.28. The van der Waals surface area contributed by atoms with Gasteiger partial charge >= 0.3 is 6.09 Å². The number of alkyl carbamates (subject to hydrolysis) is 1. The van der Waals surface area contributed by atoms with Gasteiger partial charge in [-0.15, -0.1) is 5.10 Å². The fraction of sp³-hybridized carbons (Fsp3) is 0.0952. The molecule has 0 atom stereocenters. The Morgan fingerprint density at radius 2 is 1.91 bits per heavy atom. The first-order valence-corrected chi connectivity index (χ1v) is 10.6. The number of benzene rings is 2. The van der Waals surface area contributed by atoms with Crippen LogP contribution in [-0.4, -0.2) is 28.8 Å². The molecule has 3 aromatic rings. The van der Waals surface area contributed by atoms with Gasteiger partial charge in [0.05, 0.1) is 32.4 Å². The standard InChI is InChI=1S/C21H14Cl3N5O5/c1-2-33-21(32)27-18(30)10(8-25)9-26-11-6-14(23)17(15(24)7-11)34-20-12-4-3-5-13(22)16(12)19(31)28-29-20/h3-7,9,26H,2H2,1H3,(H,28,31)(H,27,30,32)/b10-9-. The number of anilines is 1. The largest absolute Gasteiger partial charge is 0.450 e. The molecule has 0 aliphatic heterocycles. The Labute approximate surface area is 207 Å². The first-order chi connectivity index (χ1) is 16.2. The number of hydrogen-bond acceptors (Lipinski definition) is 8. The third-order valence-electron chi connectivity index (χ3n) is 4.17. The summed E-state index contributed by atoms with van der Waals surface area (Å²) in [5.41, 5.74) is -0.584. The normalized spacial score (nSPS) is 11.0. The molecule has 2 amide bonds. The lowest BCUT2D eigenvalue weighted by Gasteiger charge is -2.12. The van der Waals surface area contributed by atoms with E-state index in [9.17, 15) is 19.6 Å². The van der Waals surface area contributed by atoms with Gasteiger partial charge in [0.25, 0.3) is 11.5 Å². The molecule has 10 nitrogen and oxygen atoms in total. The van der Waals surface area contributed by atoms with E-state index < -0.39 is 23.1 Å². The molecule has 2 aromatic carbocycles. The van der Waals surface area contributed by atoms with Gasteiger partial charge in [0.1, 0.15) is 11.6 Å². The highest BCUT2D eigenvalue weighted by Gasteiger charge is 2.17. The maximum Gasteiger partial charge on any atom is 0.414 e. The smallest absolute Gasteiger partial charge is 0.414 e. The molecule has 0 fully saturated rings. The number of imide groups is 1. The number of halogens is 3. The number of hydrogen-bond donors (Lipinski definition) is 3. The van der Waals surface area contributed by atoms with Crippen LogP contribution < -0.4 is 20.9 Å². The van der Waals surface area contributed by atoms with Crippen molar-refractivity contribution in [3.8, 4) is 17.7 Å². The zero-order valence-corrected chi connectivity index (χ0v) is 19.5. The summed E-state index contributed by atoms with van der Waals surface area (Å²) in [7, 11) is 0. The minimum absolute atomic E-state index is 0.0175. The number of carbonyl (C=O) groups is 2. The summed E-state index contributed by atoms with van der Waals surface area (Å²) in [6.07, 6.45) is 0.0849. The molecule has 34 heavy (non-hydrogen) atoms. The Balaban J connectivity index is 1.85. The van der Waals surface area contributed by atoms with Crippen LogP contribution in [0.1, 0.15) is 6.92 Å². The lowest BCUT2D eigenvalue weighted by atomic mass is 10.2. The second-order valence-corrected chi connectivity index (χ2v) is 7.60. The molecule has 0 bridgehead atoms. The van der Waals surface area contributed by atoms with Crippen LogP contribution in [0.5, 0.6) is 11.6 Å². The zero-order chi connectivity index (χ0) is 24.8. The summed E-state index contributed by atoms with van der Waals surface area (Å²) < 4.78 is 10.3. The molecule has 3 rings (SSSR count). The molecule has 0 aliphatic rings. The monoisotopic (exact) mass is 521 g/mol. The zero-order valence-electron chi connectivity index (χ0n) is 17.2. The Morgan fingerprint density at radius 1 is 1.21 bits per heavy atom. The van der Waals surface area contributed by atoms with Gasteiger partial charge in [0.15, 0.2) is 5.75 Å². The lowest BCUT2D eigenvalue weighted by molar-refractivity contribution is -0.116. The molecular weight excluding hydrogens is 509 g/mol. The molecule has 0 spiro atoms. The van der Waals surface area contributed by atoms with E-state index in [-0.39, 0.29) is 38.7 Å². The molecule has 13 heteroatoms. The number of nitrogens with one attached hydrogen (secondary N) is 3. The van der Waals surface area contributed by atoms with Gasteiger partial charge in [-0.1, -0.05) is 40.9 Å². The van der Waals surface area contributed by atoms with E-state index in [1.165, 1.54) is 12.1 Å². The van der Waals surface area contributed by atoms with Crippen molar-refractivity contribution >= 4 is 63.3 Å². The molecule has 3 N–H and O–H groups in total. The number of aromatic nitrogens is 2. The summed E-state index contributed by atoms with van der Waals surface area (Å²) in [4.78, 5) is 35.4. The molecule has 0 unspecified atom stereocenters. The quantitative estimate of drug-likeness (QED) is 0.310. The molecule has 1 aromatic heterocycles. The Kier molecular flexibility index (Phi) is 7.96. The maximum atomic E-state index is 12.1. The van der Waals surface area contributed by atoms with Crippen LogP contribution in [0.25, 0.3) is 10.8 Å². The Bertz CT molecular complexity index is 1390. The van der Waals surface area contributed by atoms with Gasteiger partial charge < -0.3 is 14.8 Å². The Hall–Kier alpha value is -3.78. The van der Waals surface area contributed by atoms with Crippen molar-refractivity contribution in [2.24, 2.45) is 0 Å². The van der Waals surface area contributed by atoms with Crippen molar-refractivity contribution in [1.29, 1.82) is 5.26 Å². The average Bonchev–Trinajstić information content (AvgIpc) is 2.78. The molecular formula is C21H14Cl3N5O5. The number of fused-ring (bicyclic) bond motifs is 1. The van der Waals surface area contributed by atoms with Crippen molar-refractivity contribution in [2.75, 3.05) is 11.9 Å². The Morgan fingerprint density at radius 3 is 2.56 bits per heavy atom. The van der Waals surface area contributed by atoms with Crippen LogP contribution >= 0.6 is 34.8 Å². The van der Waals surface area contributed by atoms with Crippen molar-refractivity contribution < 1.29 is 19.1 Å². The fourth-order valence-electron chi connectivity index (χ4n) is 2.70. The second-order valence-electron chi connectivity index (χ2n) is 6.38. The van der Waals surface area contributed by atoms with E-state index in [1.54, 1.807) is 31.2 Å². The minimum atomic E-state index is -0.981. The summed E-state index contributed by atoms with van der Waals surface area (Å²) in [6.45, 7) is 1.63. The third kappa shape index (κ3) is 5.58. The predicted octanol–water partition coefficient (Wildman–Crippen LogP) is 4.77. The minimum Gasteiger partial charge on any atom is -0.450 e. The lowest BCUT2D eigenvalue weighted by Crippen LogP contribution is -2.32. The number of amides is 2. The van der Waals surface area contributed by atoms with E-state index in [0.717, 1.165) is 6.20 Å². The van der Waals surface area contributed by atoms with Gasteiger partial charge in [-0.25, -0.2) is 9.89 Å². The number of rotatable bonds is 6. The van der Waals surface area contributed by atoms with E-state index in [0.29, 0.717) is 11.1 Å². The van der Waals surface area contributed by atoms with Crippen LogP contribution in [0.15, 0.2) is 46.9 Å². The number of nitrogens with zero attached hydrogens (tertiary/aromatic N) is 2. The number of nitriles is 1. The number of aromatic amines is 1. The topological polar surface area (TPSA) is 146 Å². The van der Waals surface area contributed by atoms with E-state index in [2.05, 4.69) is 20.3 Å². The van der Waals surface area contributed by atoms with E-state index in [4.69, 9.17) is 39.5 Å². The summed E-state index contributed by atoms with van der Waals surface area (Å²) in [5.74, 6) is -0.900. The van der Waals surface area contributed by atoms with Gasteiger partial charge in [-0.3, -0.25) is 14.9 Å². The maximum absolute atomic E-state index is 12.1. The number of carbonyl (C=O) groups excluding carboxylic acids is 2. The van der Waals surface area contributed by atoms with Crippen LogP contribution in [0.3, 0.4) is 0 Å². The van der Waals surface area contributed by atoms with Crippen molar-refractivity contribution in [3.05, 3.63) is 67.5 Å². The van der Waals surface area contributed by atoms with Crippen molar-refractivity contribution in [3.63, 3.8) is 0 Å². The summed E-state index contributed by atoms with van der Waals surface area (Å²) in [5, 5.41) is 20.8. The van der Waals surface area contributed by atoms with Crippen LogP contribution in [-0.2, 0) is 9.53 Å². The van der Waals surface area contributed by atoms with Crippen LogP contribution in [0, 0.1) is 11.3 Å². The molecule has 174 valence electrons. The SMILES string of the molecule is CCOC(=O)NC(=O)/C(C#N)=C\Nc1cc(Cl)c(Oc2n[nH]c(=O)c3c(Cl)cccc23)c(Cl)c1. The highest BCUT2D eigenvalue weighted by atomic mass is 35.5. The number of ether oxygens (including phenoxy) is 2. The molecule has 0 saturated heterocycles. The molecule has 0 saturated carbocycles.